The van der Waals surface area contributed by atoms with E-state index in [4.69, 9.17) is 16.0 Å². The minimum absolute atomic E-state index is 0.518. The Morgan fingerprint density at radius 2 is 2.00 bits per heavy atom. The maximum absolute atomic E-state index is 5.80. The van der Waals surface area contributed by atoms with Crippen molar-refractivity contribution in [2.24, 2.45) is 0 Å². The van der Waals surface area contributed by atoms with Crippen molar-refractivity contribution in [2.75, 3.05) is 6.54 Å². The SMILES string of the molecule is CCNCc1nnc(-c2ccc(Cl)cc2)o1. The van der Waals surface area contributed by atoms with E-state index in [2.05, 4.69) is 15.5 Å². The molecule has 0 bridgehead atoms. The number of hydrogen-bond donors (Lipinski definition) is 1. The first-order chi connectivity index (χ1) is 7.79. The molecule has 0 fully saturated rings. The molecule has 4 nitrogen and oxygen atoms in total. The monoisotopic (exact) mass is 237 g/mol. The van der Waals surface area contributed by atoms with Gasteiger partial charge in [-0.2, -0.15) is 0 Å². The lowest BCUT2D eigenvalue weighted by Crippen LogP contribution is -2.11. The molecule has 2 aromatic rings. The van der Waals surface area contributed by atoms with Gasteiger partial charge in [-0.25, -0.2) is 0 Å². The van der Waals surface area contributed by atoms with E-state index < -0.39 is 0 Å². The summed E-state index contributed by atoms with van der Waals surface area (Å²) < 4.78 is 5.48. The molecule has 0 aliphatic rings. The molecule has 0 unspecified atom stereocenters. The first-order valence-corrected chi connectivity index (χ1v) is 5.46. The highest BCUT2D eigenvalue weighted by Gasteiger charge is 2.07. The Hall–Kier alpha value is -1.39. The summed E-state index contributed by atoms with van der Waals surface area (Å²) in [5, 5.41) is 11.7. The second kappa shape index (κ2) is 5.09. The van der Waals surface area contributed by atoms with Gasteiger partial charge in [0.25, 0.3) is 0 Å². The van der Waals surface area contributed by atoms with Gasteiger partial charge in [-0.1, -0.05) is 18.5 Å². The molecule has 84 valence electrons. The molecule has 5 heteroatoms. The Balaban J connectivity index is 2.15. The third-order valence-electron chi connectivity index (χ3n) is 2.08. The average Bonchev–Trinajstić information content (AvgIpc) is 2.76. The smallest absolute Gasteiger partial charge is 0.247 e. The minimum Gasteiger partial charge on any atom is -0.419 e. The molecule has 0 radical (unpaired) electrons. The Morgan fingerprint density at radius 1 is 1.25 bits per heavy atom. The van der Waals surface area contributed by atoms with Crippen molar-refractivity contribution >= 4 is 11.6 Å². The predicted molar refractivity (Wildman–Crippen MR) is 62.1 cm³/mol. The van der Waals surface area contributed by atoms with Crippen molar-refractivity contribution in [2.45, 2.75) is 13.5 Å². The fourth-order valence-electron chi connectivity index (χ4n) is 1.27. The molecule has 0 aliphatic heterocycles. The number of nitrogens with zero attached hydrogens (tertiary/aromatic N) is 2. The average molecular weight is 238 g/mol. The van der Waals surface area contributed by atoms with Crippen LogP contribution >= 0.6 is 11.6 Å². The Morgan fingerprint density at radius 3 is 2.69 bits per heavy atom. The molecule has 16 heavy (non-hydrogen) atoms. The quantitative estimate of drug-likeness (QED) is 0.888. The van der Waals surface area contributed by atoms with Crippen molar-refractivity contribution < 1.29 is 4.42 Å². The van der Waals surface area contributed by atoms with Crippen LogP contribution in [0.3, 0.4) is 0 Å². The first kappa shape index (κ1) is 11.1. The number of halogens is 1. The maximum Gasteiger partial charge on any atom is 0.247 e. The highest BCUT2D eigenvalue weighted by Crippen LogP contribution is 2.19. The third-order valence-corrected chi connectivity index (χ3v) is 2.34. The van der Waals surface area contributed by atoms with Gasteiger partial charge < -0.3 is 9.73 Å². The molecule has 1 aromatic carbocycles. The summed E-state index contributed by atoms with van der Waals surface area (Å²) in [5.41, 5.74) is 0.875. The lowest BCUT2D eigenvalue weighted by molar-refractivity contribution is 0.482. The summed E-state index contributed by atoms with van der Waals surface area (Å²) in [6.07, 6.45) is 0. The van der Waals surface area contributed by atoms with E-state index in [9.17, 15) is 0 Å². The van der Waals surface area contributed by atoms with Crippen LogP contribution in [0.5, 0.6) is 0 Å². The van der Waals surface area contributed by atoms with Gasteiger partial charge in [0.15, 0.2) is 0 Å². The maximum atomic E-state index is 5.80. The fraction of sp³-hybridized carbons (Fsp3) is 0.273. The minimum atomic E-state index is 0.518. The molecule has 0 saturated carbocycles. The van der Waals surface area contributed by atoms with Gasteiger partial charge in [0.2, 0.25) is 11.8 Å². The van der Waals surface area contributed by atoms with E-state index in [1.54, 1.807) is 12.1 Å². The predicted octanol–water partition coefficient (Wildman–Crippen LogP) is 2.50. The van der Waals surface area contributed by atoms with Crippen molar-refractivity contribution in [3.8, 4) is 11.5 Å². The molecular formula is C11H12ClN3O. The molecular weight excluding hydrogens is 226 g/mol. The van der Waals surface area contributed by atoms with E-state index in [-0.39, 0.29) is 0 Å². The van der Waals surface area contributed by atoms with Crippen LogP contribution in [0.4, 0.5) is 0 Å². The van der Waals surface area contributed by atoms with Crippen LogP contribution in [0.15, 0.2) is 28.7 Å². The van der Waals surface area contributed by atoms with Crippen LogP contribution in [0.1, 0.15) is 12.8 Å². The second-order valence-corrected chi connectivity index (χ2v) is 3.72. The molecule has 0 saturated heterocycles. The zero-order valence-corrected chi connectivity index (χ0v) is 9.66. The second-order valence-electron chi connectivity index (χ2n) is 3.29. The lowest BCUT2D eigenvalue weighted by atomic mass is 10.2. The summed E-state index contributed by atoms with van der Waals surface area (Å²) in [6.45, 7) is 3.49. The summed E-state index contributed by atoms with van der Waals surface area (Å²) >= 11 is 5.80. The standard InChI is InChI=1S/C11H12ClN3O/c1-2-13-7-10-14-15-11(16-10)8-3-5-9(12)6-4-8/h3-6,13H,2,7H2,1H3. The van der Waals surface area contributed by atoms with E-state index in [0.717, 1.165) is 12.1 Å². The largest absolute Gasteiger partial charge is 0.419 e. The number of nitrogens with one attached hydrogen (secondary N) is 1. The van der Waals surface area contributed by atoms with Crippen LogP contribution in [0, 0.1) is 0 Å². The van der Waals surface area contributed by atoms with Gasteiger partial charge in [0.05, 0.1) is 6.54 Å². The molecule has 1 N–H and O–H groups in total. The highest BCUT2D eigenvalue weighted by molar-refractivity contribution is 6.30. The zero-order chi connectivity index (χ0) is 11.4. The molecule has 0 aliphatic carbocycles. The zero-order valence-electron chi connectivity index (χ0n) is 8.90. The van der Waals surface area contributed by atoms with Gasteiger partial charge in [0, 0.05) is 10.6 Å². The topological polar surface area (TPSA) is 51.0 Å². The summed E-state index contributed by atoms with van der Waals surface area (Å²) in [5.74, 6) is 1.11. The highest BCUT2D eigenvalue weighted by atomic mass is 35.5. The third kappa shape index (κ3) is 2.59. The number of rotatable bonds is 4. The van der Waals surface area contributed by atoms with Crippen molar-refractivity contribution in [3.05, 3.63) is 35.2 Å². The van der Waals surface area contributed by atoms with Gasteiger partial charge in [0.1, 0.15) is 0 Å². The fourth-order valence-corrected chi connectivity index (χ4v) is 1.39. The summed E-state index contributed by atoms with van der Waals surface area (Å²) in [6, 6.07) is 7.30. The summed E-state index contributed by atoms with van der Waals surface area (Å²) in [7, 11) is 0. The van der Waals surface area contributed by atoms with E-state index >= 15 is 0 Å². The Kier molecular flexibility index (Phi) is 3.54. The number of benzene rings is 1. The normalized spacial score (nSPS) is 10.6. The lowest BCUT2D eigenvalue weighted by Gasteiger charge is -1.95. The van der Waals surface area contributed by atoms with Crippen LogP contribution in [0.2, 0.25) is 5.02 Å². The van der Waals surface area contributed by atoms with Crippen LogP contribution in [0.25, 0.3) is 11.5 Å². The van der Waals surface area contributed by atoms with Gasteiger partial charge >= 0.3 is 0 Å². The van der Waals surface area contributed by atoms with Gasteiger partial charge in [-0.3, -0.25) is 0 Å². The van der Waals surface area contributed by atoms with E-state index in [1.165, 1.54) is 0 Å². The van der Waals surface area contributed by atoms with Crippen LogP contribution < -0.4 is 5.32 Å². The van der Waals surface area contributed by atoms with Crippen molar-refractivity contribution in [3.63, 3.8) is 0 Å². The van der Waals surface area contributed by atoms with Crippen LogP contribution in [-0.4, -0.2) is 16.7 Å². The first-order valence-electron chi connectivity index (χ1n) is 5.08. The Bertz CT molecular complexity index is 453. The van der Waals surface area contributed by atoms with E-state index in [0.29, 0.717) is 23.3 Å². The molecule has 0 atom stereocenters. The molecule has 0 spiro atoms. The van der Waals surface area contributed by atoms with Crippen molar-refractivity contribution in [1.29, 1.82) is 0 Å². The van der Waals surface area contributed by atoms with Crippen LogP contribution in [-0.2, 0) is 6.54 Å². The van der Waals surface area contributed by atoms with Crippen molar-refractivity contribution in [1.82, 2.24) is 15.5 Å². The van der Waals surface area contributed by atoms with E-state index in [1.807, 2.05) is 19.1 Å². The Labute approximate surface area is 98.6 Å². The van der Waals surface area contributed by atoms with Gasteiger partial charge in [-0.15, -0.1) is 10.2 Å². The molecule has 1 aromatic heterocycles. The molecule has 2 rings (SSSR count). The number of hydrogen-bond acceptors (Lipinski definition) is 4. The summed E-state index contributed by atoms with van der Waals surface area (Å²) in [4.78, 5) is 0. The molecule has 1 heterocycles. The molecule has 0 amide bonds. The number of aromatic nitrogens is 2. The van der Waals surface area contributed by atoms with Gasteiger partial charge in [-0.05, 0) is 30.8 Å².